The highest BCUT2D eigenvalue weighted by atomic mass is 35.5. The van der Waals surface area contributed by atoms with Crippen molar-refractivity contribution >= 4 is 17.3 Å². The molecule has 4 N–H and O–H groups in total. The molecule has 0 radical (unpaired) electrons. The van der Waals surface area contributed by atoms with Gasteiger partial charge in [-0.2, -0.15) is 0 Å². The van der Waals surface area contributed by atoms with Crippen LogP contribution in [0.25, 0.3) is 0 Å². The van der Waals surface area contributed by atoms with Crippen LogP contribution >= 0.6 is 11.6 Å². The lowest BCUT2D eigenvalue weighted by Crippen LogP contribution is -2.21. The van der Waals surface area contributed by atoms with E-state index >= 15 is 0 Å². The summed E-state index contributed by atoms with van der Waals surface area (Å²) in [5.41, 5.74) is 11.2. The lowest BCUT2D eigenvalue weighted by Gasteiger charge is -2.09. The number of nitrogens with two attached hydrogens (primary N) is 2. The molecule has 0 spiro atoms. The third kappa shape index (κ3) is 2.16. The van der Waals surface area contributed by atoms with Crippen molar-refractivity contribution in [1.29, 1.82) is 0 Å². The van der Waals surface area contributed by atoms with Gasteiger partial charge >= 0.3 is 0 Å². The van der Waals surface area contributed by atoms with Crippen molar-refractivity contribution < 1.29 is 4.92 Å². The summed E-state index contributed by atoms with van der Waals surface area (Å²) in [7, 11) is 0. The van der Waals surface area contributed by atoms with Crippen LogP contribution in [0, 0.1) is 10.1 Å². The number of halogens is 1. The van der Waals surface area contributed by atoms with Gasteiger partial charge in [0.05, 0.1) is 4.92 Å². The van der Waals surface area contributed by atoms with Gasteiger partial charge in [0.15, 0.2) is 0 Å². The third-order valence-electron chi connectivity index (χ3n) is 1.72. The van der Waals surface area contributed by atoms with Gasteiger partial charge in [-0.1, -0.05) is 11.6 Å². The second-order valence-electron chi connectivity index (χ2n) is 2.67. The van der Waals surface area contributed by atoms with Gasteiger partial charge in [0, 0.05) is 24.2 Å². The van der Waals surface area contributed by atoms with Crippen molar-refractivity contribution in [3.05, 3.63) is 33.1 Å². The zero-order valence-electron chi connectivity index (χ0n) is 7.18. The summed E-state index contributed by atoms with van der Waals surface area (Å²) in [5, 5.41) is 10.6. The quantitative estimate of drug-likeness (QED) is 0.437. The minimum Gasteiger partial charge on any atom is -0.329 e. The van der Waals surface area contributed by atoms with Gasteiger partial charge in [-0.05, 0) is 0 Å². The van der Waals surface area contributed by atoms with Crippen molar-refractivity contribution in [3.8, 4) is 0 Å². The first-order chi connectivity index (χ1) is 6.56. The van der Waals surface area contributed by atoms with Gasteiger partial charge in [0.25, 0.3) is 5.69 Å². The van der Waals surface area contributed by atoms with Crippen molar-refractivity contribution in [1.82, 2.24) is 4.98 Å². The third-order valence-corrected chi connectivity index (χ3v) is 2.03. The average Bonchev–Trinajstić information content (AvgIpc) is 2.17. The summed E-state index contributed by atoms with van der Waals surface area (Å²) >= 11 is 5.71. The molecule has 14 heavy (non-hydrogen) atoms. The van der Waals surface area contributed by atoms with E-state index in [0.717, 1.165) is 6.20 Å². The molecule has 0 aliphatic rings. The molecule has 0 aliphatic carbocycles. The van der Waals surface area contributed by atoms with Gasteiger partial charge in [-0.3, -0.25) is 10.1 Å². The number of hydrogen-bond donors (Lipinski definition) is 2. The van der Waals surface area contributed by atoms with Gasteiger partial charge in [0.2, 0.25) is 0 Å². The zero-order valence-corrected chi connectivity index (χ0v) is 7.94. The van der Waals surface area contributed by atoms with Crippen LogP contribution in [-0.2, 0) is 0 Å². The molecule has 0 aromatic carbocycles. The first-order valence-electron chi connectivity index (χ1n) is 3.81. The molecule has 0 bridgehead atoms. The lowest BCUT2D eigenvalue weighted by molar-refractivity contribution is -0.385. The van der Waals surface area contributed by atoms with Gasteiger partial charge < -0.3 is 11.5 Å². The molecule has 1 aromatic heterocycles. The highest BCUT2D eigenvalue weighted by molar-refractivity contribution is 6.30. The Labute approximate surface area is 85.0 Å². The Kier molecular flexibility index (Phi) is 3.34. The Hall–Kier alpha value is -1.24. The predicted octanol–water partition coefficient (Wildman–Crippen LogP) is 0.602. The van der Waals surface area contributed by atoms with Crippen LogP contribution in [-0.4, -0.2) is 16.5 Å². The fraction of sp³-hybridized carbons (Fsp3) is 0.286. The second-order valence-corrected chi connectivity index (χ2v) is 3.03. The van der Waals surface area contributed by atoms with E-state index in [9.17, 15) is 10.1 Å². The number of aromatic nitrogens is 1. The molecule has 0 aliphatic heterocycles. The van der Waals surface area contributed by atoms with Crippen molar-refractivity contribution in [2.45, 2.75) is 6.04 Å². The molecule has 0 saturated heterocycles. The molecule has 7 heteroatoms. The van der Waals surface area contributed by atoms with E-state index in [2.05, 4.69) is 4.98 Å². The summed E-state index contributed by atoms with van der Waals surface area (Å²) < 4.78 is 0. The molecule has 1 aromatic rings. The molecule has 1 heterocycles. The van der Waals surface area contributed by atoms with E-state index in [4.69, 9.17) is 23.1 Å². The molecule has 0 amide bonds. The minimum atomic E-state index is -0.559. The Morgan fingerprint density at radius 2 is 2.36 bits per heavy atom. The van der Waals surface area contributed by atoms with Crippen molar-refractivity contribution in [2.75, 3.05) is 6.54 Å². The maximum Gasteiger partial charge on any atom is 0.288 e. The van der Waals surface area contributed by atoms with Crippen LogP contribution < -0.4 is 11.5 Å². The molecule has 0 saturated carbocycles. The van der Waals surface area contributed by atoms with E-state index < -0.39 is 11.0 Å². The van der Waals surface area contributed by atoms with E-state index in [1.807, 2.05) is 0 Å². The van der Waals surface area contributed by atoms with E-state index in [1.54, 1.807) is 0 Å². The first-order valence-corrected chi connectivity index (χ1v) is 4.19. The predicted molar refractivity (Wildman–Crippen MR) is 51.9 cm³/mol. The Bertz CT molecular complexity index is 358. The number of nitro groups is 1. The first kappa shape index (κ1) is 10.8. The second kappa shape index (κ2) is 4.32. The highest BCUT2D eigenvalue weighted by Gasteiger charge is 2.15. The minimum absolute atomic E-state index is 0.145. The fourth-order valence-electron chi connectivity index (χ4n) is 0.940. The maximum absolute atomic E-state index is 10.4. The summed E-state index contributed by atoms with van der Waals surface area (Å²) in [6, 6.07) is 0.752. The molecule has 1 atom stereocenters. The monoisotopic (exact) mass is 216 g/mol. The number of rotatable bonds is 3. The molecule has 6 nitrogen and oxygen atoms in total. The lowest BCUT2D eigenvalue weighted by atomic mass is 10.1. The maximum atomic E-state index is 10.4. The molecule has 0 unspecified atom stereocenters. The van der Waals surface area contributed by atoms with Gasteiger partial charge in [-0.15, -0.1) is 0 Å². The van der Waals surface area contributed by atoms with Crippen LogP contribution in [0.1, 0.15) is 11.6 Å². The van der Waals surface area contributed by atoms with E-state index in [1.165, 1.54) is 6.07 Å². The number of hydrogen-bond acceptors (Lipinski definition) is 5. The Morgan fingerprint density at radius 3 is 2.86 bits per heavy atom. The van der Waals surface area contributed by atoms with Crippen molar-refractivity contribution in [3.63, 3.8) is 0 Å². The summed E-state index contributed by atoms with van der Waals surface area (Å²) in [6.07, 6.45) is 1.08. The molecule has 0 fully saturated rings. The standard InChI is InChI=1S/C7H9ClN4O2/c8-7-5(6(10)2-9)1-4(3-11-7)12(13)14/h1,3,6H,2,9-10H2/t6-/m0/s1. The summed E-state index contributed by atoms with van der Waals surface area (Å²) in [4.78, 5) is 13.5. The highest BCUT2D eigenvalue weighted by Crippen LogP contribution is 2.23. The van der Waals surface area contributed by atoms with E-state index in [0.29, 0.717) is 5.56 Å². The zero-order chi connectivity index (χ0) is 10.7. The van der Waals surface area contributed by atoms with Crippen molar-refractivity contribution in [2.24, 2.45) is 11.5 Å². The Balaban J connectivity index is 3.14. The molecular weight excluding hydrogens is 208 g/mol. The van der Waals surface area contributed by atoms with Crippen LogP contribution in [0.5, 0.6) is 0 Å². The fourth-order valence-corrected chi connectivity index (χ4v) is 1.18. The largest absolute Gasteiger partial charge is 0.329 e. The van der Waals surface area contributed by atoms with Crippen LogP contribution in [0.3, 0.4) is 0 Å². The molecule has 76 valence electrons. The Morgan fingerprint density at radius 1 is 1.71 bits per heavy atom. The van der Waals surface area contributed by atoms with E-state index in [-0.39, 0.29) is 17.4 Å². The smallest absolute Gasteiger partial charge is 0.288 e. The summed E-state index contributed by atoms with van der Waals surface area (Å²) in [6.45, 7) is 0.155. The van der Waals surface area contributed by atoms with Crippen LogP contribution in [0.4, 0.5) is 5.69 Å². The van der Waals surface area contributed by atoms with Crippen LogP contribution in [0.15, 0.2) is 12.3 Å². The topological polar surface area (TPSA) is 108 Å². The van der Waals surface area contributed by atoms with Gasteiger partial charge in [-0.25, -0.2) is 4.98 Å². The SMILES string of the molecule is NC[C@H](N)c1cc([N+](=O)[O-])cnc1Cl. The van der Waals surface area contributed by atoms with Crippen LogP contribution in [0.2, 0.25) is 5.15 Å². The normalized spacial score (nSPS) is 12.5. The molecule has 1 rings (SSSR count). The number of nitrogens with zero attached hydrogens (tertiary/aromatic N) is 2. The average molecular weight is 217 g/mol. The number of pyridine rings is 1. The summed E-state index contributed by atoms with van der Waals surface area (Å²) in [5.74, 6) is 0. The molecular formula is C7H9ClN4O2. The van der Waals surface area contributed by atoms with Gasteiger partial charge in [0.1, 0.15) is 11.3 Å².